The van der Waals surface area contributed by atoms with Crippen molar-refractivity contribution in [1.82, 2.24) is 10.2 Å². The number of fused-ring (bicyclic) bond motifs is 2. The van der Waals surface area contributed by atoms with E-state index < -0.39 is 0 Å². The Morgan fingerprint density at radius 3 is 2.43 bits per heavy atom. The fourth-order valence-electron chi connectivity index (χ4n) is 5.54. The molecule has 2 saturated carbocycles. The topological polar surface area (TPSA) is 49.4 Å². The van der Waals surface area contributed by atoms with Crippen molar-refractivity contribution in [3.63, 3.8) is 0 Å². The summed E-state index contributed by atoms with van der Waals surface area (Å²) in [6.45, 7) is 11.2. The molecular formula is C17H28N2O2. The molecule has 4 atom stereocenters. The van der Waals surface area contributed by atoms with E-state index >= 15 is 0 Å². The van der Waals surface area contributed by atoms with Crippen molar-refractivity contribution in [1.29, 1.82) is 0 Å². The second-order valence-electron chi connectivity index (χ2n) is 8.53. The van der Waals surface area contributed by atoms with Gasteiger partial charge in [0.1, 0.15) is 6.04 Å². The maximum atomic E-state index is 12.7. The Morgan fingerprint density at radius 1 is 1.24 bits per heavy atom. The van der Waals surface area contributed by atoms with Gasteiger partial charge in [-0.15, -0.1) is 0 Å². The molecule has 2 aliphatic carbocycles. The van der Waals surface area contributed by atoms with E-state index in [0.717, 1.165) is 0 Å². The van der Waals surface area contributed by atoms with Crippen molar-refractivity contribution in [3.8, 4) is 0 Å². The van der Waals surface area contributed by atoms with Crippen LogP contribution in [-0.4, -0.2) is 35.3 Å². The minimum atomic E-state index is -0.313. The van der Waals surface area contributed by atoms with Crippen molar-refractivity contribution in [2.45, 2.75) is 66.0 Å². The first-order chi connectivity index (χ1) is 9.68. The second kappa shape index (κ2) is 4.47. The number of nitrogens with zero attached hydrogens (tertiary/aromatic N) is 1. The molecule has 1 N–H and O–H groups in total. The van der Waals surface area contributed by atoms with Gasteiger partial charge in [0.15, 0.2) is 0 Å². The monoisotopic (exact) mass is 292 g/mol. The largest absolute Gasteiger partial charge is 0.345 e. The Morgan fingerprint density at radius 2 is 1.90 bits per heavy atom. The first kappa shape index (κ1) is 14.9. The van der Waals surface area contributed by atoms with Crippen LogP contribution in [0.2, 0.25) is 0 Å². The van der Waals surface area contributed by atoms with Gasteiger partial charge in [-0.1, -0.05) is 34.6 Å². The maximum Gasteiger partial charge on any atom is 0.243 e. The van der Waals surface area contributed by atoms with Crippen LogP contribution >= 0.6 is 0 Å². The van der Waals surface area contributed by atoms with Crippen LogP contribution in [0.1, 0.15) is 53.9 Å². The zero-order chi connectivity index (χ0) is 15.6. The Labute approximate surface area is 127 Å². The third-order valence-electron chi connectivity index (χ3n) is 6.37. The molecule has 1 heterocycles. The molecule has 0 spiro atoms. The molecule has 2 amide bonds. The Hall–Kier alpha value is -1.06. The van der Waals surface area contributed by atoms with Crippen molar-refractivity contribution in [2.75, 3.05) is 6.54 Å². The third kappa shape index (κ3) is 1.94. The fraction of sp³-hybridized carbons (Fsp3) is 0.882. The van der Waals surface area contributed by atoms with Crippen molar-refractivity contribution in [3.05, 3.63) is 0 Å². The molecule has 4 heteroatoms. The normalized spacial score (nSPS) is 41.8. The van der Waals surface area contributed by atoms with Gasteiger partial charge in [-0.3, -0.25) is 9.59 Å². The summed E-state index contributed by atoms with van der Waals surface area (Å²) in [5.41, 5.74) is 0.280. The van der Waals surface area contributed by atoms with Crippen molar-refractivity contribution < 1.29 is 9.59 Å². The highest BCUT2D eigenvalue weighted by atomic mass is 16.2. The highest BCUT2D eigenvalue weighted by Crippen LogP contribution is 2.64. The number of amides is 2. The van der Waals surface area contributed by atoms with Crippen LogP contribution in [-0.2, 0) is 9.59 Å². The van der Waals surface area contributed by atoms with Gasteiger partial charge in [-0.05, 0) is 41.9 Å². The van der Waals surface area contributed by atoms with Gasteiger partial charge >= 0.3 is 0 Å². The molecule has 0 aromatic heterocycles. The van der Waals surface area contributed by atoms with Gasteiger partial charge in [-0.25, -0.2) is 0 Å². The SMILES string of the molecule is CC(C)C1C(=O)NCC(=O)N1C1C2(C)CCC(C2)C1(C)C. The number of hydrogen-bond donors (Lipinski definition) is 1. The van der Waals surface area contributed by atoms with Crippen LogP contribution in [0.4, 0.5) is 0 Å². The van der Waals surface area contributed by atoms with E-state index in [1.54, 1.807) is 0 Å². The quantitative estimate of drug-likeness (QED) is 0.848. The Kier molecular flexibility index (Phi) is 3.16. The second-order valence-corrected chi connectivity index (χ2v) is 8.53. The molecule has 0 aromatic rings. The van der Waals surface area contributed by atoms with E-state index in [4.69, 9.17) is 0 Å². The fourth-order valence-corrected chi connectivity index (χ4v) is 5.54. The van der Waals surface area contributed by atoms with Gasteiger partial charge in [0.25, 0.3) is 0 Å². The molecule has 3 rings (SSSR count). The molecule has 0 radical (unpaired) electrons. The predicted octanol–water partition coefficient (Wildman–Crippen LogP) is 2.18. The van der Waals surface area contributed by atoms with E-state index in [2.05, 4.69) is 26.1 Å². The van der Waals surface area contributed by atoms with Gasteiger partial charge < -0.3 is 10.2 Å². The van der Waals surface area contributed by atoms with Gasteiger partial charge in [-0.2, -0.15) is 0 Å². The lowest BCUT2D eigenvalue weighted by Gasteiger charge is -2.53. The summed E-state index contributed by atoms with van der Waals surface area (Å²) in [5.74, 6) is 0.942. The van der Waals surface area contributed by atoms with Crippen molar-refractivity contribution in [2.24, 2.45) is 22.7 Å². The average molecular weight is 292 g/mol. The smallest absolute Gasteiger partial charge is 0.243 e. The van der Waals surface area contributed by atoms with E-state index in [-0.39, 0.29) is 47.2 Å². The summed E-state index contributed by atoms with van der Waals surface area (Å²) in [7, 11) is 0. The zero-order valence-electron chi connectivity index (χ0n) is 13.9. The first-order valence-corrected chi connectivity index (χ1v) is 8.27. The Bertz CT molecular complexity index is 480. The summed E-state index contributed by atoms with van der Waals surface area (Å²) in [4.78, 5) is 27.0. The lowest BCUT2D eigenvalue weighted by molar-refractivity contribution is -0.158. The van der Waals surface area contributed by atoms with Crippen LogP contribution in [0.25, 0.3) is 0 Å². The molecule has 3 aliphatic rings. The zero-order valence-corrected chi connectivity index (χ0v) is 13.9. The molecule has 1 aliphatic heterocycles. The van der Waals surface area contributed by atoms with Crippen molar-refractivity contribution >= 4 is 11.8 Å². The molecule has 2 bridgehead atoms. The van der Waals surface area contributed by atoms with Crippen LogP contribution < -0.4 is 5.32 Å². The number of piperazine rings is 1. The number of hydrogen-bond acceptors (Lipinski definition) is 2. The molecule has 4 unspecified atom stereocenters. The first-order valence-electron chi connectivity index (χ1n) is 8.27. The lowest BCUT2D eigenvalue weighted by atomic mass is 9.67. The molecule has 118 valence electrons. The van der Waals surface area contributed by atoms with E-state index in [1.807, 2.05) is 18.7 Å². The highest BCUT2D eigenvalue weighted by molar-refractivity contribution is 5.95. The standard InChI is InChI=1S/C17H28N2O2/c1-10(2)13-14(21)18-9-12(20)19(13)15-16(3,4)11-6-7-17(15,5)8-11/h10-11,13,15H,6-9H2,1-5H3,(H,18,21). The minimum absolute atomic E-state index is 0.0202. The number of rotatable bonds is 2. The third-order valence-corrected chi connectivity index (χ3v) is 6.37. The van der Waals surface area contributed by atoms with E-state index in [9.17, 15) is 9.59 Å². The summed E-state index contributed by atoms with van der Waals surface area (Å²) < 4.78 is 0. The molecule has 4 nitrogen and oxygen atoms in total. The number of carbonyl (C=O) groups is 2. The predicted molar refractivity (Wildman–Crippen MR) is 81.5 cm³/mol. The van der Waals surface area contributed by atoms with Gasteiger partial charge in [0.2, 0.25) is 11.8 Å². The van der Waals surface area contributed by atoms with E-state index in [1.165, 1.54) is 19.3 Å². The number of nitrogens with one attached hydrogen (secondary N) is 1. The number of carbonyl (C=O) groups excluding carboxylic acids is 2. The molecule has 21 heavy (non-hydrogen) atoms. The lowest BCUT2D eigenvalue weighted by Crippen LogP contribution is -2.67. The maximum absolute atomic E-state index is 12.7. The van der Waals surface area contributed by atoms with E-state index in [0.29, 0.717) is 5.92 Å². The summed E-state index contributed by atoms with van der Waals surface area (Å²) in [5, 5.41) is 2.77. The molecule has 3 fully saturated rings. The molecule has 0 aromatic carbocycles. The van der Waals surface area contributed by atoms with Gasteiger partial charge in [0, 0.05) is 6.04 Å². The highest BCUT2D eigenvalue weighted by Gasteiger charge is 2.63. The van der Waals surface area contributed by atoms with Crippen LogP contribution in [0.5, 0.6) is 0 Å². The van der Waals surface area contributed by atoms with Gasteiger partial charge in [0.05, 0.1) is 6.54 Å². The minimum Gasteiger partial charge on any atom is -0.345 e. The molecule has 1 saturated heterocycles. The summed E-state index contributed by atoms with van der Waals surface area (Å²) in [6.07, 6.45) is 3.64. The Balaban J connectivity index is 2.03. The van der Waals surface area contributed by atoms with Crippen LogP contribution in [0, 0.1) is 22.7 Å². The molecular weight excluding hydrogens is 264 g/mol. The summed E-state index contributed by atoms with van der Waals surface area (Å²) in [6, 6.07) is -0.124. The summed E-state index contributed by atoms with van der Waals surface area (Å²) >= 11 is 0. The average Bonchev–Trinajstić information content (AvgIpc) is 2.84. The van der Waals surface area contributed by atoms with Crippen LogP contribution in [0.3, 0.4) is 0 Å². The van der Waals surface area contributed by atoms with Crippen LogP contribution in [0.15, 0.2) is 0 Å².